The number of nitrogens with zero attached hydrogens (tertiary/aromatic N) is 4. The summed E-state index contributed by atoms with van der Waals surface area (Å²) in [4.78, 5) is 38.1. The summed E-state index contributed by atoms with van der Waals surface area (Å²) in [5, 5.41) is 0.731. The van der Waals surface area contributed by atoms with Crippen molar-refractivity contribution in [3.05, 3.63) is 46.6 Å². The van der Waals surface area contributed by atoms with Gasteiger partial charge in [0, 0.05) is 49.8 Å². The van der Waals surface area contributed by atoms with Crippen molar-refractivity contribution in [3.63, 3.8) is 0 Å². The molecule has 0 aliphatic carbocycles. The van der Waals surface area contributed by atoms with Gasteiger partial charge in [0.1, 0.15) is 5.82 Å². The maximum Gasteiger partial charge on any atom is 0.309 e. The lowest BCUT2D eigenvalue weighted by atomic mass is 9.96. The second-order valence-corrected chi connectivity index (χ2v) is 9.18. The third kappa shape index (κ3) is 5.79. The molecule has 0 saturated carbocycles. The Balaban J connectivity index is 1.62. The van der Waals surface area contributed by atoms with E-state index in [9.17, 15) is 9.59 Å². The number of amides is 1. The number of ether oxygens (including phenoxy) is 1. The molecule has 3 rings (SSSR count). The molecule has 0 unspecified atom stereocenters. The van der Waals surface area contributed by atoms with Gasteiger partial charge in [-0.1, -0.05) is 23.9 Å². The molecule has 1 amide bonds. The lowest BCUT2D eigenvalue weighted by Gasteiger charge is -2.31. The summed E-state index contributed by atoms with van der Waals surface area (Å²) < 4.78 is 5.12. The van der Waals surface area contributed by atoms with Crippen molar-refractivity contribution in [3.8, 4) is 0 Å². The molecular formula is C24H32N4O3S. The largest absolute Gasteiger partial charge is 0.466 e. The molecule has 1 fully saturated rings. The van der Waals surface area contributed by atoms with Gasteiger partial charge in [0.2, 0.25) is 0 Å². The van der Waals surface area contributed by atoms with Gasteiger partial charge in [-0.15, -0.1) is 0 Å². The minimum atomic E-state index is -0.149. The summed E-state index contributed by atoms with van der Waals surface area (Å²) in [5.41, 5.74) is 3.78. The second-order valence-electron chi connectivity index (χ2n) is 8.24. The second kappa shape index (κ2) is 10.8. The molecule has 172 valence electrons. The van der Waals surface area contributed by atoms with E-state index in [1.165, 1.54) is 0 Å². The van der Waals surface area contributed by atoms with Gasteiger partial charge in [-0.05, 0) is 51.3 Å². The number of thioether (sulfide) groups is 1. The predicted molar refractivity (Wildman–Crippen MR) is 127 cm³/mol. The molecule has 1 aromatic carbocycles. The summed E-state index contributed by atoms with van der Waals surface area (Å²) in [5.74, 6) is 1.37. The fraction of sp³-hybridized carbons (Fsp3) is 0.500. The monoisotopic (exact) mass is 456 g/mol. The van der Waals surface area contributed by atoms with Crippen LogP contribution in [0.1, 0.15) is 46.9 Å². The zero-order valence-corrected chi connectivity index (χ0v) is 20.4. The van der Waals surface area contributed by atoms with E-state index in [1.54, 1.807) is 11.8 Å². The molecule has 1 aliphatic rings. The molecule has 0 N–H and O–H groups in total. The van der Waals surface area contributed by atoms with Crippen LogP contribution in [-0.4, -0.2) is 60.5 Å². The van der Waals surface area contributed by atoms with Crippen LogP contribution < -0.4 is 4.90 Å². The van der Waals surface area contributed by atoms with Crippen molar-refractivity contribution < 1.29 is 14.3 Å². The van der Waals surface area contributed by atoms with Gasteiger partial charge in [0.15, 0.2) is 5.16 Å². The average molecular weight is 457 g/mol. The number of piperidine rings is 1. The Bertz CT molecular complexity index is 972. The lowest BCUT2D eigenvalue weighted by molar-refractivity contribution is -0.149. The molecule has 1 aliphatic heterocycles. The maximum atomic E-state index is 13.0. The zero-order chi connectivity index (χ0) is 23.3. The van der Waals surface area contributed by atoms with Crippen LogP contribution in [0.25, 0.3) is 0 Å². The molecule has 1 saturated heterocycles. The van der Waals surface area contributed by atoms with Crippen LogP contribution in [0.4, 0.5) is 5.82 Å². The van der Waals surface area contributed by atoms with Gasteiger partial charge in [-0.25, -0.2) is 9.97 Å². The molecule has 7 nitrogen and oxygen atoms in total. The first-order valence-corrected chi connectivity index (χ1v) is 12.0. The van der Waals surface area contributed by atoms with E-state index in [4.69, 9.17) is 4.74 Å². The number of carbonyl (C=O) groups is 2. The van der Waals surface area contributed by atoms with Crippen molar-refractivity contribution in [2.75, 3.05) is 38.7 Å². The fourth-order valence-electron chi connectivity index (χ4n) is 3.79. The lowest BCUT2D eigenvalue weighted by Crippen LogP contribution is -2.40. The maximum absolute atomic E-state index is 13.0. The Hall–Kier alpha value is -2.61. The number of rotatable bonds is 7. The first-order valence-electron chi connectivity index (χ1n) is 11.0. The molecular weight excluding hydrogens is 424 g/mol. The number of esters is 1. The number of carbonyl (C=O) groups excluding carboxylic acids is 2. The summed E-state index contributed by atoms with van der Waals surface area (Å²) in [6.45, 7) is 7.39. The Morgan fingerprint density at radius 2 is 1.91 bits per heavy atom. The van der Waals surface area contributed by atoms with Crippen LogP contribution in [-0.2, 0) is 15.3 Å². The average Bonchev–Trinajstić information content (AvgIpc) is 2.79. The molecule has 0 spiro atoms. The van der Waals surface area contributed by atoms with E-state index >= 15 is 0 Å². The van der Waals surface area contributed by atoms with Gasteiger partial charge >= 0.3 is 5.97 Å². The van der Waals surface area contributed by atoms with E-state index in [0.717, 1.165) is 27.8 Å². The number of aryl methyl sites for hydroxylation is 1. The van der Waals surface area contributed by atoms with Crippen molar-refractivity contribution >= 4 is 29.5 Å². The topological polar surface area (TPSA) is 75.6 Å². The Morgan fingerprint density at radius 1 is 1.19 bits per heavy atom. The SMILES string of the molecule is CCOC(=O)C1CCN(C(=O)c2cccc(CSc3nc(C)c(C)c(N(C)C)n3)c2)CC1. The van der Waals surface area contributed by atoms with E-state index in [1.807, 2.05) is 68.9 Å². The van der Waals surface area contributed by atoms with E-state index in [0.29, 0.717) is 43.9 Å². The molecule has 0 radical (unpaired) electrons. The third-order valence-electron chi connectivity index (χ3n) is 5.71. The van der Waals surface area contributed by atoms with E-state index in [2.05, 4.69) is 9.97 Å². The van der Waals surface area contributed by atoms with Gasteiger partial charge in [0.05, 0.1) is 12.5 Å². The van der Waals surface area contributed by atoms with Crippen LogP contribution in [0.3, 0.4) is 0 Å². The minimum absolute atomic E-state index is 0.0106. The Labute approximate surface area is 194 Å². The molecule has 0 atom stereocenters. The van der Waals surface area contributed by atoms with Crippen molar-refractivity contribution in [1.82, 2.24) is 14.9 Å². The molecule has 2 aromatic rings. The summed E-state index contributed by atoms with van der Waals surface area (Å²) in [7, 11) is 3.96. The van der Waals surface area contributed by atoms with Gasteiger partial charge in [-0.3, -0.25) is 9.59 Å². The highest BCUT2D eigenvalue weighted by Crippen LogP contribution is 2.26. The summed E-state index contributed by atoms with van der Waals surface area (Å²) in [6, 6.07) is 7.73. The number of benzene rings is 1. The van der Waals surface area contributed by atoms with Gasteiger partial charge in [-0.2, -0.15) is 0 Å². The Kier molecular flexibility index (Phi) is 8.12. The standard InChI is InChI=1S/C24H32N4O3S/c1-6-31-23(30)19-10-12-28(13-11-19)22(29)20-9-7-8-18(14-20)15-32-24-25-17(3)16(2)21(26-24)27(4)5/h7-9,14,19H,6,10-13,15H2,1-5H3. The molecule has 32 heavy (non-hydrogen) atoms. The van der Waals surface area contributed by atoms with Crippen LogP contribution in [0, 0.1) is 19.8 Å². The first-order chi connectivity index (χ1) is 15.3. The van der Waals surface area contributed by atoms with Crippen LogP contribution in [0.2, 0.25) is 0 Å². The van der Waals surface area contributed by atoms with Gasteiger partial charge in [0.25, 0.3) is 5.91 Å². The van der Waals surface area contributed by atoms with Crippen molar-refractivity contribution in [2.24, 2.45) is 5.92 Å². The number of likely N-dealkylation sites (tertiary alicyclic amines) is 1. The normalized spacial score (nSPS) is 14.3. The third-order valence-corrected chi connectivity index (χ3v) is 6.63. The number of aromatic nitrogens is 2. The molecule has 1 aromatic heterocycles. The quantitative estimate of drug-likeness (QED) is 0.356. The summed E-state index contributed by atoms with van der Waals surface area (Å²) in [6.07, 6.45) is 1.30. The molecule has 2 heterocycles. The summed E-state index contributed by atoms with van der Waals surface area (Å²) >= 11 is 1.57. The number of hydrogen-bond acceptors (Lipinski definition) is 7. The number of hydrogen-bond donors (Lipinski definition) is 0. The van der Waals surface area contributed by atoms with Gasteiger partial charge < -0.3 is 14.5 Å². The minimum Gasteiger partial charge on any atom is -0.466 e. The fourth-order valence-corrected chi connectivity index (χ4v) is 4.62. The first kappa shape index (κ1) is 24.0. The predicted octanol–water partition coefficient (Wildman–Crippen LogP) is 3.87. The van der Waals surface area contributed by atoms with Crippen molar-refractivity contribution in [2.45, 2.75) is 44.5 Å². The van der Waals surface area contributed by atoms with Crippen LogP contribution in [0.5, 0.6) is 0 Å². The highest BCUT2D eigenvalue weighted by atomic mass is 32.2. The van der Waals surface area contributed by atoms with E-state index < -0.39 is 0 Å². The van der Waals surface area contributed by atoms with Crippen LogP contribution in [0.15, 0.2) is 29.4 Å². The zero-order valence-electron chi connectivity index (χ0n) is 19.6. The highest BCUT2D eigenvalue weighted by Gasteiger charge is 2.28. The van der Waals surface area contributed by atoms with Crippen LogP contribution >= 0.6 is 11.8 Å². The Morgan fingerprint density at radius 3 is 2.56 bits per heavy atom. The highest BCUT2D eigenvalue weighted by molar-refractivity contribution is 7.98. The van der Waals surface area contributed by atoms with E-state index in [-0.39, 0.29) is 17.8 Å². The molecule has 0 bridgehead atoms. The molecule has 8 heteroatoms. The van der Waals surface area contributed by atoms with Crippen molar-refractivity contribution in [1.29, 1.82) is 0 Å². The number of anilines is 1. The smallest absolute Gasteiger partial charge is 0.309 e.